The Balaban J connectivity index is 1.07. The highest BCUT2D eigenvalue weighted by Crippen LogP contribution is 2.72. The van der Waals surface area contributed by atoms with Crippen molar-refractivity contribution in [2.24, 2.45) is 17.8 Å². The van der Waals surface area contributed by atoms with Gasteiger partial charge in [-0.2, -0.15) is 0 Å². The van der Waals surface area contributed by atoms with Crippen LogP contribution in [-0.2, 0) is 20.2 Å². The summed E-state index contributed by atoms with van der Waals surface area (Å²) in [5.41, 5.74) is 2.65. The lowest BCUT2D eigenvalue weighted by atomic mass is 9.53. The molecule has 7 nitrogen and oxygen atoms in total. The first kappa shape index (κ1) is 24.0. The van der Waals surface area contributed by atoms with Gasteiger partial charge in [-0.15, -0.1) is 0 Å². The zero-order valence-corrected chi connectivity index (χ0v) is 21.9. The lowest BCUT2D eigenvalue weighted by molar-refractivity contribution is -0.171. The normalized spacial score (nSPS) is 31.8. The number of nitrogens with one attached hydrogen (secondary N) is 3. The average molecular weight is 510 g/mol. The summed E-state index contributed by atoms with van der Waals surface area (Å²) in [6.07, 6.45) is 7.51. The van der Waals surface area contributed by atoms with Gasteiger partial charge in [-0.1, -0.05) is 42.5 Å². The lowest BCUT2D eigenvalue weighted by Crippen LogP contribution is -2.61. The molecule has 4 bridgehead atoms. The van der Waals surface area contributed by atoms with Crippen molar-refractivity contribution >= 4 is 19.3 Å². The maximum atomic E-state index is 13.3. The van der Waals surface area contributed by atoms with Crippen LogP contribution < -0.4 is 16.0 Å². The molecular weight excluding hydrogens is 473 g/mol. The van der Waals surface area contributed by atoms with Gasteiger partial charge in [0, 0.05) is 17.8 Å². The summed E-state index contributed by atoms with van der Waals surface area (Å²) in [7, 11) is -3.35. The Morgan fingerprint density at radius 3 is 2.08 bits per heavy atom. The van der Waals surface area contributed by atoms with Gasteiger partial charge in [0.05, 0.1) is 0 Å². The van der Waals surface area contributed by atoms with Crippen LogP contribution in [-0.4, -0.2) is 17.4 Å². The van der Waals surface area contributed by atoms with E-state index in [1.807, 2.05) is 54.6 Å². The molecule has 5 fully saturated rings. The summed E-state index contributed by atoms with van der Waals surface area (Å²) in [5, 5.41) is 9.76. The van der Waals surface area contributed by atoms with Crippen molar-refractivity contribution in [3.05, 3.63) is 65.7 Å². The Morgan fingerprint density at radius 1 is 0.944 bits per heavy atom. The fourth-order valence-corrected chi connectivity index (χ4v) is 9.61. The van der Waals surface area contributed by atoms with Crippen LogP contribution in [0.15, 0.2) is 54.6 Å². The van der Waals surface area contributed by atoms with E-state index < -0.39 is 19.2 Å². The second-order valence-electron chi connectivity index (χ2n) is 11.8. The summed E-state index contributed by atoms with van der Waals surface area (Å²) < 4.78 is 24.7. The Bertz CT molecular complexity index is 1120. The van der Waals surface area contributed by atoms with Crippen LogP contribution in [0.25, 0.3) is 0 Å². The molecule has 1 heterocycles. The standard InChI is InChI=1S/C28H36N3O4P/c1-27(2)34-36(33,35-27)25(23-6-4-3-5-7-23)30-24-10-8-19(9-11-24)18-29-26(32)31-28-15-20-12-21(16-28)14-22(13-20)17-28/h3-11,20-22,25,30H,12-18H2,1-2H3,(H2,29,31,32). The fourth-order valence-electron chi connectivity index (χ4n) is 7.31. The molecule has 2 amide bonds. The van der Waals surface area contributed by atoms with Crippen LogP contribution in [0.1, 0.15) is 69.3 Å². The van der Waals surface area contributed by atoms with Crippen LogP contribution in [0.2, 0.25) is 0 Å². The number of amides is 2. The number of rotatable bonds is 7. The third kappa shape index (κ3) is 4.81. The second kappa shape index (κ2) is 8.90. The molecule has 5 aliphatic rings. The Hall–Kier alpha value is -2.34. The molecule has 2 aromatic carbocycles. The van der Waals surface area contributed by atoms with E-state index in [2.05, 4.69) is 16.0 Å². The molecule has 3 N–H and O–H groups in total. The Morgan fingerprint density at radius 2 is 1.53 bits per heavy atom. The molecule has 7 rings (SSSR count). The molecule has 0 radical (unpaired) electrons. The van der Waals surface area contributed by atoms with E-state index in [1.54, 1.807) is 13.8 Å². The second-order valence-corrected chi connectivity index (χ2v) is 13.7. The molecule has 8 heteroatoms. The molecule has 0 spiro atoms. The van der Waals surface area contributed by atoms with E-state index in [0.717, 1.165) is 53.8 Å². The summed E-state index contributed by atoms with van der Waals surface area (Å²) in [4.78, 5) is 12.8. The van der Waals surface area contributed by atoms with Crippen molar-refractivity contribution in [3.8, 4) is 0 Å². The number of carbonyl (C=O) groups excluding carboxylic acids is 1. The Labute approximate surface area is 213 Å². The number of hydrogen-bond acceptors (Lipinski definition) is 5. The van der Waals surface area contributed by atoms with Crippen molar-refractivity contribution in [2.75, 3.05) is 5.32 Å². The highest BCUT2D eigenvalue weighted by atomic mass is 31.2. The number of hydrogen-bond donors (Lipinski definition) is 3. The van der Waals surface area contributed by atoms with Crippen molar-refractivity contribution in [3.63, 3.8) is 0 Å². The van der Waals surface area contributed by atoms with Gasteiger partial charge < -0.3 is 16.0 Å². The number of benzene rings is 2. The van der Waals surface area contributed by atoms with Crippen molar-refractivity contribution < 1.29 is 18.4 Å². The van der Waals surface area contributed by atoms with Crippen LogP contribution in [0.3, 0.4) is 0 Å². The zero-order chi connectivity index (χ0) is 25.0. The van der Waals surface area contributed by atoms with Gasteiger partial charge in [0.15, 0.2) is 11.6 Å². The van der Waals surface area contributed by atoms with E-state index >= 15 is 0 Å². The minimum Gasteiger partial charge on any atom is -0.368 e. The summed E-state index contributed by atoms with van der Waals surface area (Å²) in [6, 6.07) is 17.3. The maximum Gasteiger partial charge on any atom is 0.362 e. The van der Waals surface area contributed by atoms with E-state index in [4.69, 9.17) is 9.05 Å². The maximum absolute atomic E-state index is 13.3. The predicted molar refractivity (Wildman–Crippen MR) is 139 cm³/mol. The molecule has 1 saturated heterocycles. The first-order valence-corrected chi connectivity index (χ1v) is 14.8. The molecular formula is C28H36N3O4P. The van der Waals surface area contributed by atoms with Crippen LogP contribution in [0.4, 0.5) is 10.5 Å². The summed E-state index contributed by atoms with van der Waals surface area (Å²) in [5.74, 6) is 0.939. The van der Waals surface area contributed by atoms with Gasteiger partial charge >= 0.3 is 13.6 Å². The van der Waals surface area contributed by atoms with Gasteiger partial charge in [0.25, 0.3) is 0 Å². The van der Waals surface area contributed by atoms with E-state index in [9.17, 15) is 9.36 Å². The number of urea groups is 1. The first-order valence-electron chi connectivity index (χ1n) is 13.2. The number of anilines is 1. The highest BCUT2D eigenvalue weighted by Gasteiger charge is 2.55. The topological polar surface area (TPSA) is 88.7 Å². The smallest absolute Gasteiger partial charge is 0.362 e. The molecule has 1 atom stereocenters. The van der Waals surface area contributed by atoms with Gasteiger partial charge in [0.2, 0.25) is 0 Å². The predicted octanol–water partition coefficient (Wildman–Crippen LogP) is 6.54. The lowest BCUT2D eigenvalue weighted by Gasteiger charge is -2.56. The van der Waals surface area contributed by atoms with E-state index in [1.165, 1.54) is 19.3 Å². The molecule has 4 aliphatic carbocycles. The van der Waals surface area contributed by atoms with Crippen molar-refractivity contribution in [1.29, 1.82) is 0 Å². The SMILES string of the molecule is CC1(C)OP(=O)(C(Nc2ccc(CNC(=O)NC34CC5CC(CC(C5)C3)C4)cc2)c2ccccc2)O1. The van der Waals surface area contributed by atoms with E-state index in [0.29, 0.717) is 6.54 Å². The summed E-state index contributed by atoms with van der Waals surface area (Å²) in [6.45, 7) is 3.97. The third-order valence-electron chi connectivity index (χ3n) is 8.25. The fraction of sp³-hybridized carbons (Fsp3) is 0.536. The summed E-state index contributed by atoms with van der Waals surface area (Å²) >= 11 is 0. The molecule has 4 saturated carbocycles. The van der Waals surface area contributed by atoms with Crippen LogP contribution in [0, 0.1) is 17.8 Å². The average Bonchev–Trinajstić information content (AvgIpc) is 2.80. The van der Waals surface area contributed by atoms with Gasteiger partial charge in [-0.3, -0.25) is 13.6 Å². The molecule has 192 valence electrons. The number of carbonyl (C=O) groups is 1. The first-order chi connectivity index (χ1) is 17.2. The minimum absolute atomic E-state index is 0.0106. The van der Waals surface area contributed by atoms with Gasteiger partial charge in [-0.05, 0) is 93.4 Å². The van der Waals surface area contributed by atoms with Crippen LogP contribution in [0.5, 0.6) is 0 Å². The molecule has 1 unspecified atom stereocenters. The van der Waals surface area contributed by atoms with Crippen molar-refractivity contribution in [2.45, 2.75) is 76.0 Å². The molecule has 0 aromatic heterocycles. The third-order valence-corrected chi connectivity index (χ3v) is 10.7. The molecule has 36 heavy (non-hydrogen) atoms. The monoisotopic (exact) mass is 509 g/mol. The Kier molecular flexibility index (Phi) is 5.94. The molecule has 1 aliphatic heterocycles. The zero-order valence-electron chi connectivity index (χ0n) is 21.0. The highest BCUT2D eigenvalue weighted by molar-refractivity contribution is 7.55. The van der Waals surface area contributed by atoms with Gasteiger partial charge in [0.1, 0.15) is 0 Å². The van der Waals surface area contributed by atoms with Gasteiger partial charge in [-0.25, -0.2) is 4.79 Å². The molecule has 2 aromatic rings. The van der Waals surface area contributed by atoms with Crippen LogP contribution >= 0.6 is 7.60 Å². The largest absolute Gasteiger partial charge is 0.368 e. The van der Waals surface area contributed by atoms with Crippen molar-refractivity contribution in [1.82, 2.24) is 10.6 Å². The minimum atomic E-state index is -3.35. The quantitative estimate of drug-likeness (QED) is 0.369. The van der Waals surface area contributed by atoms with E-state index in [-0.39, 0.29) is 11.6 Å².